The Balaban J connectivity index is 1.63. The van der Waals surface area contributed by atoms with Crippen molar-refractivity contribution in [3.63, 3.8) is 0 Å². The highest BCUT2D eigenvalue weighted by Gasteiger charge is 2.54. The molecule has 9 heteroatoms. The number of nitrogens with zero attached hydrogens (tertiary/aromatic N) is 3. The van der Waals surface area contributed by atoms with Crippen molar-refractivity contribution in [2.75, 3.05) is 5.32 Å². The molecule has 138 valence electrons. The third-order valence-electron chi connectivity index (χ3n) is 5.48. The van der Waals surface area contributed by atoms with Gasteiger partial charge in [0.25, 0.3) is 11.3 Å². The van der Waals surface area contributed by atoms with Crippen LogP contribution in [0.1, 0.15) is 50.3 Å². The number of anilines is 1. The van der Waals surface area contributed by atoms with Gasteiger partial charge in [-0.2, -0.15) is 9.50 Å². The molecule has 1 saturated heterocycles. The molecule has 1 unspecified atom stereocenters. The number of hydrogen-bond acceptors (Lipinski definition) is 6. The third-order valence-corrected chi connectivity index (χ3v) is 5.48. The summed E-state index contributed by atoms with van der Waals surface area (Å²) in [6.45, 7) is 3.65. The van der Waals surface area contributed by atoms with E-state index < -0.39 is 11.5 Å². The highest BCUT2D eigenvalue weighted by Crippen LogP contribution is 2.45. The summed E-state index contributed by atoms with van der Waals surface area (Å²) < 4.78 is 6.73. The largest absolute Gasteiger partial charge is 0.458 e. The maximum atomic E-state index is 12.8. The van der Waals surface area contributed by atoms with Crippen molar-refractivity contribution in [2.45, 2.75) is 58.0 Å². The van der Waals surface area contributed by atoms with E-state index in [0.717, 1.165) is 12.8 Å². The Labute approximate surface area is 149 Å². The minimum Gasteiger partial charge on any atom is -0.458 e. The Kier molecular flexibility index (Phi) is 3.82. The van der Waals surface area contributed by atoms with E-state index in [0.29, 0.717) is 30.5 Å². The zero-order valence-electron chi connectivity index (χ0n) is 14.8. The lowest BCUT2D eigenvalue weighted by Gasteiger charge is -2.27. The molecule has 1 spiro atoms. The van der Waals surface area contributed by atoms with E-state index in [2.05, 4.69) is 20.4 Å². The van der Waals surface area contributed by atoms with Crippen molar-refractivity contribution in [3.8, 4) is 0 Å². The zero-order valence-corrected chi connectivity index (χ0v) is 14.8. The lowest BCUT2D eigenvalue weighted by molar-refractivity contribution is -0.149. The normalized spacial score (nSPS) is 21.5. The monoisotopic (exact) mass is 359 g/mol. The third kappa shape index (κ3) is 2.49. The van der Waals surface area contributed by atoms with E-state index in [1.807, 2.05) is 6.92 Å². The fourth-order valence-corrected chi connectivity index (χ4v) is 4.17. The molecule has 0 bridgehead atoms. The van der Waals surface area contributed by atoms with Crippen LogP contribution in [-0.4, -0.2) is 37.1 Å². The van der Waals surface area contributed by atoms with E-state index in [1.54, 1.807) is 6.92 Å². The van der Waals surface area contributed by atoms with Gasteiger partial charge in [0, 0.05) is 5.56 Å². The Hall–Kier alpha value is -2.71. The summed E-state index contributed by atoms with van der Waals surface area (Å²) in [5.74, 6) is -0.854. The van der Waals surface area contributed by atoms with Crippen molar-refractivity contribution < 1.29 is 14.3 Å². The predicted octanol–water partition coefficient (Wildman–Crippen LogP) is 1.10. The number of H-pyrrole nitrogens is 1. The van der Waals surface area contributed by atoms with Crippen LogP contribution in [0.25, 0.3) is 5.78 Å². The number of esters is 1. The van der Waals surface area contributed by atoms with Gasteiger partial charge in [-0.3, -0.25) is 24.8 Å². The van der Waals surface area contributed by atoms with Crippen molar-refractivity contribution in [3.05, 3.63) is 21.6 Å². The minimum absolute atomic E-state index is 0.0728. The number of ether oxygens (including phenoxy) is 1. The van der Waals surface area contributed by atoms with Crippen molar-refractivity contribution in [1.82, 2.24) is 19.6 Å². The molecule has 0 aromatic carbocycles. The van der Waals surface area contributed by atoms with Crippen LogP contribution >= 0.6 is 0 Å². The second kappa shape index (κ2) is 5.93. The van der Waals surface area contributed by atoms with Gasteiger partial charge in [0.1, 0.15) is 5.60 Å². The van der Waals surface area contributed by atoms with E-state index in [4.69, 9.17) is 4.74 Å². The fourth-order valence-electron chi connectivity index (χ4n) is 4.17. The summed E-state index contributed by atoms with van der Waals surface area (Å²) in [4.78, 5) is 45.5. The van der Waals surface area contributed by atoms with Crippen LogP contribution in [0.4, 0.5) is 5.95 Å². The number of rotatable bonds is 3. The lowest BCUT2D eigenvalue weighted by atomic mass is 9.85. The van der Waals surface area contributed by atoms with Crippen LogP contribution in [0.15, 0.2) is 4.79 Å². The molecule has 2 aliphatic rings. The summed E-state index contributed by atoms with van der Waals surface area (Å²) in [6.07, 6.45) is 3.93. The van der Waals surface area contributed by atoms with Gasteiger partial charge in [0.2, 0.25) is 11.9 Å². The Bertz CT molecular complexity index is 954. The smallest absolute Gasteiger partial charge is 0.307 e. The number of amides is 1. The summed E-state index contributed by atoms with van der Waals surface area (Å²) in [6, 6.07) is 0. The Morgan fingerprint density at radius 1 is 1.35 bits per heavy atom. The summed E-state index contributed by atoms with van der Waals surface area (Å²) in [5.41, 5.74) is 0.314. The molecule has 2 aromatic rings. The topological polar surface area (TPSA) is 118 Å². The number of hydrogen-bond donors (Lipinski definition) is 2. The Morgan fingerprint density at radius 3 is 2.77 bits per heavy atom. The predicted molar refractivity (Wildman–Crippen MR) is 91.8 cm³/mol. The standard InChI is InChI=1S/C17H21N5O4/c1-3-10-9(2)18-16-20-15(21-22(16)14(10)25)19-13(24)11-8-12(23)26-17(11)6-4-5-7-17/h11H,3-8H2,1-2H3,(H2,18,19,20,21,24). The van der Waals surface area contributed by atoms with Gasteiger partial charge in [-0.15, -0.1) is 0 Å². The van der Waals surface area contributed by atoms with Crippen LogP contribution in [0.3, 0.4) is 0 Å². The van der Waals surface area contributed by atoms with Gasteiger partial charge in [0.15, 0.2) is 0 Å². The number of carbonyl (C=O) groups excluding carboxylic acids is 2. The first kappa shape index (κ1) is 16.7. The van der Waals surface area contributed by atoms with Crippen LogP contribution in [0.5, 0.6) is 0 Å². The summed E-state index contributed by atoms with van der Waals surface area (Å²) >= 11 is 0. The molecule has 9 nitrogen and oxygen atoms in total. The molecule has 2 aromatic heterocycles. The molecule has 2 fully saturated rings. The number of aromatic nitrogens is 4. The molecule has 4 rings (SSSR count). The molecule has 26 heavy (non-hydrogen) atoms. The summed E-state index contributed by atoms with van der Waals surface area (Å²) in [7, 11) is 0. The minimum atomic E-state index is -0.686. The van der Waals surface area contributed by atoms with Crippen molar-refractivity contribution in [2.24, 2.45) is 5.92 Å². The molecular weight excluding hydrogens is 338 g/mol. The van der Waals surface area contributed by atoms with Crippen LogP contribution < -0.4 is 10.9 Å². The zero-order chi connectivity index (χ0) is 18.5. The van der Waals surface area contributed by atoms with E-state index in [1.165, 1.54) is 4.52 Å². The average Bonchev–Trinajstić information content (AvgIpc) is 3.28. The molecule has 3 heterocycles. The molecule has 1 aliphatic carbocycles. The quantitative estimate of drug-likeness (QED) is 0.792. The highest BCUT2D eigenvalue weighted by molar-refractivity contribution is 5.96. The van der Waals surface area contributed by atoms with Crippen LogP contribution in [0.2, 0.25) is 0 Å². The highest BCUT2D eigenvalue weighted by atomic mass is 16.6. The number of carbonyl (C=O) groups is 2. The molecule has 1 atom stereocenters. The maximum Gasteiger partial charge on any atom is 0.307 e. The molecule has 2 N–H and O–H groups in total. The maximum absolute atomic E-state index is 12.8. The molecule has 1 saturated carbocycles. The van der Waals surface area contributed by atoms with Crippen LogP contribution in [0, 0.1) is 12.8 Å². The van der Waals surface area contributed by atoms with Gasteiger partial charge in [-0.25, -0.2) is 4.98 Å². The van der Waals surface area contributed by atoms with Gasteiger partial charge in [-0.05, 0) is 39.0 Å². The average molecular weight is 359 g/mol. The SMILES string of the molecule is CCc1c(C)nc2nc(NC(=O)C3CC(=O)OC34CCCC4)[nH]n2c1=O. The van der Waals surface area contributed by atoms with Crippen molar-refractivity contribution in [1.29, 1.82) is 0 Å². The lowest BCUT2D eigenvalue weighted by Crippen LogP contribution is -2.39. The van der Waals surface area contributed by atoms with E-state index >= 15 is 0 Å². The number of nitrogens with one attached hydrogen (secondary N) is 2. The Morgan fingerprint density at radius 2 is 2.08 bits per heavy atom. The first-order valence-corrected chi connectivity index (χ1v) is 8.94. The van der Waals surface area contributed by atoms with Gasteiger partial charge < -0.3 is 4.74 Å². The van der Waals surface area contributed by atoms with E-state index in [9.17, 15) is 14.4 Å². The molecule has 1 amide bonds. The summed E-state index contributed by atoms with van der Waals surface area (Å²) in [5, 5.41) is 5.47. The number of fused-ring (bicyclic) bond motifs is 1. The number of aromatic amines is 1. The van der Waals surface area contributed by atoms with Crippen molar-refractivity contribution >= 4 is 23.6 Å². The van der Waals surface area contributed by atoms with Gasteiger partial charge in [-0.1, -0.05) is 6.92 Å². The second-order valence-corrected chi connectivity index (χ2v) is 7.03. The molecular formula is C17H21N5O4. The molecule has 1 aliphatic heterocycles. The van der Waals surface area contributed by atoms with E-state index in [-0.39, 0.29) is 35.6 Å². The first-order valence-electron chi connectivity index (χ1n) is 8.94. The number of aryl methyl sites for hydroxylation is 1. The second-order valence-electron chi connectivity index (χ2n) is 7.03. The molecule has 0 radical (unpaired) electrons. The van der Waals surface area contributed by atoms with Gasteiger partial charge >= 0.3 is 5.97 Å². The first-order chi connectivity index (χ1) is 12.4. The fraction of sp³-hybridized carbons (Fsp3) is 0.588. The van der Waals surface area contributed by atoms with Gasteiger partial charge in [0.05, 0.1) is 18.0 Å². The van der Waals surface area contributed by atoms with Crippen LogP contribution in [-0.2, 0) is 20.7 Å².